The Morgan fingerprint density at radius 1 is 1.14 bits per heavy atom. The highest BCUT2D eigenvalue weighted by molar-refractivity contribution is 5.80. The van der Waals surface area contributed by atoms with Crippen LogP contribution in [0, 0.1) is 5.41 Å². The maximum absolute atomic E-state index is 11.8. The van der Waals surface area contributed by atoms with Gasteiger partial charge in [-0.25, -0.2) is 0 Å². The second kappa shape index (κ2) is 2.98. The molecule has 14 heavy (non-hydrogen) atoms. The first kappa shape index (κ1) is 10.0. The van der Waals surface area contributed by atoms with Crippen molar-refractivity contribution in [2.45, 2.75) is 57.9 Å². The molecule has 1 spiro atoms. The maximum Gasteiger partial charge on any atom is 0.223 e. The molecule has 2 aliphatic rings. The van der Waals surface area contributed by atoms with Gasteiger partial charge in [0, 0.05) is 19.0 Å². The number of amides is 1. The molecule has 1 saturated heterocycles. The molecule has 80 valence electrons. The molecule has 0 unspecified atom stereocenters. The third-order valence-corrected chi connectivity index (χ3v) is 4.55. The van der Waals surface area contributed by atoms with E-state index in [1.807, 2.05) is 11.9 Å². The fourth-order valence-electron chi connectivity index (χ4n) is 3.50. The quantitative estimate of drug-likeness (QED) is 0.582. The van der Waals surface area contributed by atoms with Gasteiger partial charge in [-0.05, 0) is 18.3 Å². The van der Waals surface area contributed by atoms with Gasteiger partial charge in [-0.2, -0.15) is 0 Å². The van der Waals surface area contributed by atoms with Crippen molar-refractivity contribution >= 4 is 5.91 Å². The van der Waals surface area contributed by atoms with E-state index in [2.05, 4.69) is 13.8 Å². The van der Waals surface area contributed by atoms with Crippen LogP contribution < -0.4 is 0 Å². The zero-order chi connectivity index (χ0) is 10.4. The molecular formula is C12H21NO. The molecule has 1 aliphatic heterocycles. The van der Waals surface area contributed by atoms with Crippen molar-refractivity contribution in [2.75, 3.05) is 7.05 Å². The van der Waals surface area contributed by atoms with Crippen LogP contribution in [0.25, 0.3) is 0 Å². The van der Waals surface area contributed by atoms with Crippen LogP contribution in [0.3, 0.4) is 0 Å². The predicted molar refractivity (Wildman–Crippen MR) is 57.0 cm³/mol. The molecule has 0 bridgehead atoms. The normalized spacial score (nSPS) is 29.9. The number of hydrogen-bond acceptors (Lipinski definition) is 1. The van der Waals surface area contributed by atoms with E-state index in [0.717, 1.165) is 6.42 Å². The molecule has 0 aromatic carbocycles. The minimum absolute atomic E-state index is 0.180. The third kappa shape index (κ3) is 1.12. The molecule has 0 N–H and O–H groups in total. The minimum Gasteiger partial charge on any atom is -0.340 e. The predicted octanol–water partition coefficient (Wildman–Crippen LogP) is 2.58. The standard InChI is InChI=1S/C12H21NO/c1-11(2)9-10(14)13(3)12(11)7-5-4-6-8-12/h4-9H2,1-3H3. The van der Waals surface area contributed by atoms with Crippen LogP contribution in [0.4, 0.5) is 0 Å². The largest absolute Gasteiger partial charge is 0.340 e. The van der Waals surface area contributed by atoms with Crippen LogP contribution in [-0.2, 0) is 4.79 Å². The van der Waals surface area contributed by atoms with Crippen LogP contribution in [0.2, 0.25) is 0 Å². The summed E-state index contributed by atoms with van der Waals surface area (Å²) in [5, 5.41) is 0. The second-order valence-corrected chi connectivity index (χ2v) is 5.61. The van der Waals surface area contributed by atoms with Gasteiger partial charge in [0.2, 0.25) is 5.91 Å². The summed E-state index contributed by atoms with van der Waals surface area (Å²) in [6.45, 7) is 4.53. The Labute approximate surface area is 86.7 Å². The highest BCUT2D eigenvalue weighted by atomic mass is 16.2. The van der Waals surface area contributed by atoms with Gasteiger partial charge in [-0.3, -0.25) is 4.79 Å². The van der Waals surface area contributed by atoms with Crippen molar-refractivity contribution in [1.82, 2.24) is 4.90 Å². The molecule has 2 nitrogen and oxygen atoms in total. The summed E-state index contributed by atoms with van der Waals surface area (Å²) in [5.74, 6) is 0.344. The fourth-order valence-corrected chi connectivity index (χ4v) is 3.50. The van der Waals surface area contributed by atoms with Gasteiger partial charge in [-0.15, -0.1) is 0 Å². The molecule has 2 heteroatoms. The summed E-state index contributed by atoms with van der Waals surface area (Å²) in [6.07, 6.45) is 7.09. The smallest absolute Gasteiger partial charge is 0.223 e. The Morgan fingerprint density at radius 2 is 1.71 bits per heavy atom. The molecule has 1 aliphatic carbocycles. The Bertz CT molecular complexity index is 251. The SMILES string of the molecule is CN1C(=O)CC(C)(C)C12CCCCC2. The number of carbonyl (C=O) groups is 1. The van der Waals surface area contributed by atoms with Gasteiger partial charge in [0.25, 0.3) is 0 Å². The van der Waals surface area contributed by atoms with Crippen molar-refractivity contribution < 1.29 is 4.79 Å². The first-order valence-electron chi connectivity index (χ1n) is 5.76. The van der Waals surface area contributed by atoms with Gasteiger partial charge >= 0.3 is 0 Å². The lowest BCUT2D eigenvalue weighted by Crippen LogP contribution is -2.52. The average molecular weight is 195 g/mol. The zero-order valence-corrected chi connectivity index (χ0v) is 9.60. The molecule has 1 saturated carbocycles. The summed E-state index contributed by atoms with van der Waals surface area (Å²) in [4.78, 5) is 13.8. The summed E-state index contributed by atoms with van der Waals surface area (Å²) in [7, 11) is 2.00. The molecule has 0 aromatic heterocycles. The van der Waals surface area contributed by atoms with E-state index in [1.165, 1.54) is 32.1 Å². The Morgan fingerprint density at radius 3 is 2.14 bits per heavy atom. The first-order chi connectivity index (χ1) is 6.50. The van der Waals surface area contributed by atoms with E-state index in [4.69, 9.17) is 0 Å². The van der Waals surface area contributed by atoms with Crippen molar-refractivity contribution in [1.29, 1.82) is 0 Å². The second-order valence-electron chi connectivity index (χ2n) is 5.61. The van der Waals surface area contributed by atoms with Gasteiger partial charge in [0.1, 0.15) is 0 Å². The molecule has 0 atom stereocenters. The van der Waals surface area contributed by atoms with E-state index in [9.17, 15) is 4.79 Å². The lowest BCUT2D eigenvalue weighted by atomic mass is 9.65. The number of carbonyl (C=O) groups excluding carboxylic acids is 1. The summed E-state index contributed by atoms with van der Waals surface area (Å²) >= 11 is 0. The lowest BCUT2D eigenvalue weighted by molar-refractivity contribution is -0.130. The fraction of sp³-hybridized carbons (Fsp3) is 0.917. The molecule has 1 heterocycles. The van der Waals surface area contributed by atoms with E-state index in [-0.39, 0.29) is 11.0 Å². The van der Waals surface area contributed by atoms with Gasteiger partial charge < -0.3 is 4.90 Å². The maximum atomic E-state index is 11.8. The van der Waals surface area contributed by atoms with Crippen LogP contribution in [0.15, 0.2) is 0 Å². The molecule has 0 radical (unpaired) electrons. The molecule has 2 rings (SSSR count). The average Bonchev–Trinajstić information content (AvgIpc) is 2.30. The van der Waals surface area contributed by atoms with Crippen LogP contribution in [-0.4, -0.2) is 23.4 Å². The molecular weight excluding hydrogens is 174 g/mol. The van der Waals surface area contributed by atoms with Crippen molar-refractivity contribution in [3.8, 4) is 0 Å². The highest BCUT2D eigenvalue weighted by Crippen LogP contribution is 2.52. The van der Waals surface area contributed by atoms with E-state index in [0.29, 0.717) is 5.91 Å². The highest BCUT2D eigenvalue weighted by Gasteiger charge is 2.55. The topological polar surface area (TPSA) is 20.3 Å². The monoisotopic (exact) mass is 195 g/mol. The van der Waals surface area contributed by atoms with Gasteiger partial charge in [0.05, 0.1) is 0 Å². The minimum atomic E-state index is 0.180. The first-order valence-corrected chi connectivity index (χ1v) is 5.76. The van der Waals surface area contributed by atoms with Gasteiger partial charge in [0.15, 0.2) is 0 Å². The summed E-state index contributed by atoms with van der Waals surface area (Å²) in [5.41, 5.74) is 0.363. The van der Waals surface area contributed by atoms with Crippen molar-refractivity contribution in [2.24, 2.45) is 5.41 Å². The zero-order valence-electron chi connectivity index (χ0n) is 9.60. The number of hydrogen-bond donors (Lipinski definition) is 0. The Hall–Kier alpha value is -0.530. The Kier molecular flexibility index (Phi) is 2.13. The number of likely N-dealkylation sites (tertiary alicyclic amines) is 1. The van der Waals surface area contributed by atoms with Crippen molar-refractivity contribution in [3.63, 3.8) is 0 Å². The molecule has 2 fully saturated rings. The van der Waals surface area contributed by atoms with E-state index >= 15 is 0 Å². The van der Waals surface area contributed by atoms with Crippen LogP contribution in [0.1, 0.15) is 52.4 Å². The van der Waals surface area contributed by atoms with E-state index in [1.54, 1.807) is 0 Å². The van der Waals surface area contributed by atoms with Crippen LogP contribution in [0.5, 0.6) is 0 Å². The molecule has 1 amide bonds. The van der Waals surface area contributed by atoms with Crippen LogP contribution >= 0.6 is 0 Å². The summed E-state index contributed by atoms with van der Waals surface area (Å²) in [6, 6.07) is 0. The number of nitrogens with zero attached hydrogens (tertiary/aromatic N) is 1. The van der Waals surface area contributed by atoms with Crippen molar-refractivity contribution in [3.05, 3.63) is 0 Å². The van der Waals surface area contributed by atoms with Gasteiger partial charge in [-0.1, -0.05) is 33.1 Å². The summed E-state index contributed by atoms with van der Waals surface area (Å²) < 4.78 is 0. The molecule has 0 aromatic rings. The van der Waals surface area contributed by atoms with E-state index < -0.39 is 0 Å². The third-order valence-electron chi connectivity index (χ3n) is 4.55. The number of rotatable bonds is 0. The lowest BCUT2D eigenvalue weighted by Gasteiger charge is -2.47. The Balaban J connectivity index is 2.34.